The van der Waals surface area contributed by atoms with Crippen LogP contribution in [0.3, 0.4) is 0 Å². The molecular formula is C19H19ClFN3O2. The first kappa shape index (κ1) is 19.8. The summed E-state index contributed by atoms with van der Waals surface area (Å²) in [5, 5.41) is 9.74. The van der Waals surface area contributed by atoms with Gasteiger partial charge in [-0.15, -0.1) is 0 Å². The van der Waals surface area contributed by atoms with Crippen LogP contribution in [0.5, 0.6) is 0 Å². The molecule has 136 valence electrons. The zero-order chi connectivity index (χ0) is 19.1. The van der Waals surface area contributed by atoms with Crippen LogP contribution >= 0.6 is 11.6 Å². The molecule has 1 N–H and O–H groups in total. The molecule has 0 amide bonds. The highest BCUT2D eigenvalue weighted by molar-refractivity contribution is 6.30. The molecule has 0 bridgehead atoms. The van der Waals surface area contributed by atoms with Crippen molar-refractivity contribution in [3.8, 4) is 0 Å². The highest BCUT2D eigenvalue weighted by atomic mass is 35.5. The average Bonchev–Trinajstić information content (AvgIpc) is 2.62. The number of aromatic nitrogens is 2. The molecule has 0 unspecified atom stereocenters. The number of carbonyl (C=O) groups is 1. The van der Waals surface area contributed by atoms with Crippen LogP contribution in [0.15, 0.2) is 48.8 Å². The minimum Gasteiger partial charge on any atom is -0.394 e. The quantitative estimate of drug-likeness (QED) is 0.456. The van der Waals surface area contributed by atoms with E-state index >= 15 is 0 Å². The summed E-state index contributed by atoms with van der Waals surface area (Å²) in [7, 11) is 1.74. The number of benzene rings is 1. The van der Waals surface area contributed by atoms with Crippen LogP contribution in [-0.4, -0.2) is 39.9 Å². The van der Waals surface area contributed by atoms with E-state index in [9.17, 15) is 14.3 Å². The van der Waals surface area contributed by atoms with E-state index in [1.807, 2.05) is 0 Å². The van der Waals surface area contributed by atoms with E-state index in [4.69, 9.17) is 11.6 Å². The van der Waals surface area contributed by atoms with Crippen molar-refractivity contribution in [3.63, 3.8) is 0 Å². The van der Waals surface area contributed by atoms with Gasteiger partial charge in [0.2, 0.25) is 0 Å². The van der Waals surface area contributed by atoms with Gasteiger partial charge in [-0.05, 0) is 42.8 Å². The molecule has 0 saturated carbocycles. The SMILES string of the molecule is Cc1nccc(C(/C=C\N(C)[C@H](CO)c2ccc(Cl)c(F)c2)=C/C=O)n1. The maximum absolute atomic E-state index is 13.7. The highest BCUT2D eigenvalue weighted by Gasteiger charge is 2.15. The third kappa shape index (κ3) is 4.97. The fraction of sp³-hybridized carbons (Fsp3) is 0.211. The highest BCUT2D eigenvalue weighted by Crippen LogP contribution is 2.24. The van der Waals surface area contributed by atoms with Crippen LogP contribution in [0.25, 0.3) is 5.57 Å². The average molecular weight is 376 g/mol. The lowest BCUT2D eigenvalue weighted by molar-refractivity contribution is -0.104. The first-order valence-electron chi connectivity index (χ1n) is 7.87. The molecule has 0 radical (unpaired) electrons. The molecule has 1 aromatic carbocycles. The first-order valence-corrected chi connectivity index (χ1v) is 8.25. The minimum absolute atomic E-state index is 0.0268. The van der Waals surface area contributed by atoms with Gasteiger partial charge < -0.3 is 10.0 Å². The molecule has 1 atom stereocenters. The Morgan fingerprint density at radius 1 is 1.42 bits per heavy atom. The van der Waals surface area contributed by atoms with E-state index in [1.54, 1.807) is 49.5 Å². The summed E-state index contributed by atoms with van der Waals surface area (Å²) >= 11 is 5.71. The summed E-state index contributed by atoms with van der Waals surface area (Å²) in [5.74, 6) is 0.0453. The van der Waals surface area contributed by atoms with Crippen molar-refractivity contribution in [3.05, 3.63) is 76.7 Å². The van der Waals surface area contributed by atoms with Crippen LogP contribution in [-0.2, 0) is 4.79 Å². The molecule has 0 saturated heterocycles. The van der Waals surface area contributed by atoms with Gasteiger partial charge in [0.1, 0.15) is 17.9 Å². The molecular weight excluding hydrogens is 357 g/mol. The number of allylic oxidation sites excluding steroid dienone is 3. The predicted octanol–water partition coefficient (Wildman–Crippen LogP) is 3.34. The van der Waals surface area contributed by atoms with E-state index in [2.05, 4.69) is 9.97 Å². The van der Waals surface area contributed by atoms with Gasteiger partial charge >= 0.3 is 0 Å². The lowest BCUT2D eigenvalue weighted by Gasteiger charge is -2.25. The molecule has 0 fully saturated rings. The van der Waals surface area contributed by atoms with Crippen molar-refractivity contribution in [2.24, 2.45) is 0 Å². The molecule has 0 aliphatic carbocycles. The van der Waals surface area contributed by atoms with Crippen molar-refractivity contribution in [2.45, 2.75) is 13.0 Å². The smallest absolute Gasteiger partial charge is 0.143 e. The second kappa shape index (κ2) is 9.22. The Bertz CT molecular complexity index is 839. The predicted molar refractivity (Wildman–Crippen MR) is 98.9 cm³/mol. The van der Waals surface area contributed by atoms with Gasteiger partial charge in [0.25, 0.3) is 0 Å². The lowest BCUT2D eigenvalue weighted by atomic mass is 10.1. The topological polar surface area (TPSA) is 66.3 Å². The Morgan fingerprint density at radius 2 is 2.19 bits per heavy atom. The number of rotatable bonds is 7. The summed E-state index contributed by atoms with van der Waals surface area (Å²) in [6, 6.07) is 5.64. The van der Waals surface area contributed by atoms with Gasteiger partial charge in [-0.3, -0.25) is 4.79 Å². The molecule has 7 heteroatoms. The third-order valence-electron chi connectivity index (χ3n) is 3.80. The van der Waals surface area contributed by atoms with Crippen LogP contribution in [0.4, 0.5) is 4.39 Å². The Labute approximate surface area is 156 Å². The maximum Gasteiger partial charge on any atom is 0.143 e. The molecule has 1 heterocycles. The Hall–Kier alpha value is -2.57. The van der Waals surface area contributed by atoms with Crippen LogP contribution in [0, 0.1) is 12.7 Å². The van der Waals surface area contributed by atoms with Gasteiger partial charge in [0.15, 0.2) is 0 Å². The largest absolute Gasteiger partial charge is 0.394 e. The number of aliphatic hydroxyl groups excluding tert-OH is 1. The number of aldehydes is 1. The number of halogens is 2. The number of aryl methyl sites for hydroxylation is 1. The van der Waals surface area contributed by atoms with Gasteiger partial charge in [0, 0.05) is 25.0 Å². The van der Waals surface area contributed by atoms with Gasteiger partial charge in [-0.25, -0.2) is 14.4 Å². The summed E-state index contributed by atoms with van der Waals surface area (Å²) in [6.07, 6.45) is 7.07. The minimum atomic E-state index is -0.544. The first-order chi connectivity index (χ1) is 12.5. The van der Waals surface area contributed by atoms with E-state index in [1.165, 1.54) is 18.2 Å². The Kier molecular flexibility index (Phi) is 7.00. The fourth-order valence-corrected chi connectivity index (χ4v) is 2.52. The van der Waals surface area contributed by atoms with E-state index in [0.717, 1.165) is 0 Å². The second-order valence-electron chi connectivity index (χ2n) is 5.60. The Balaban J connectivity index is 2.26. The van der Waals surface area contributed by atoms with E-state index in [-0.39, 0.29) is 11.6 Å². The third-order valence-corrected chi connectivity index (χ3v) is 4.11. The molecule has 5 nitrogen and oxygen atoms in total. The zero-order valence-corrected chi connectivity index (χ0v) is 15.2. The Morgan fingerprint density at radius 3 is 2.81 bits per heavy atom. The molecule has 0 aliphatic rings. The summed E-state index contributed by atoms with van der Waals surface area (Å²) < 4.78 is 13.7. The van der Waals surface area contributed by atoms with Gasteiger partial charge in [0.05, 0.1) is 23.4 Å². The maximum atomic E-state index is 13.7. The number of hydrogen-bond acceptors (Lipinski definition) is 5. The van der Waals surface area contributed by atoms with Crippen molar-refractivity contribution in [2.75, 3.05) is 13.7 Å². The fourth-order valence-electron chi connectivity index (χ4n) is 2.41. The molecule has 26 heavy (non-hydrogen) atoms. The number of hydrogen-bond donors (Lipinski definition) is 1. The van der Waals surface area contributed by atoms with Crippen LogP contribution < -0.4 is 0 Å². The van der Waals surface area contributed by atoms with Gasteiger partial charge in [-0.1, -0.05) is 17.7 Å². The number of nitrogens with zero attached hydrogens (tertiary/aromatic N) is 3. The molecule has 2 rings (SSSR count). The van der Waals surface area contributed by atoms with Crippen molar-refractivity contribution in [1.29, 1.82) is 0 Å². The van der Waals surface area contributed by atoms with Crippen molar-refractivity contribution < 1.29 is 14.3 Å². The summed E-state index contributed by atoms with van der Waals surface area (Å²) in [5.41, 5.74) is 1.78. The van der Waals surface area contributed by atoms with Crippen LogP contribution in [0.1, 0.15) is 23.1 Å². The number of aliphatic hydroxyl groups is 1. The van der Waals surface area contributed by atoms with Crippen molar-refractivity contribution >= 4 is 23.5 Å². The van der Waals surface area contributed by atoms with E-state index in [0.29, 0.717) is 28.9 Å². The monoisotopic (exact) mass is 375 g/mol. The zero-order valence-electron chi connectivity index (χ0n) is 14.4. The second-order valence-corrected chi connectivity index (χ2v) is 6.01. The van der Waals surface area contributed by atoms with Crippen LogP contribution in [0.2, 0.25) is 5.02 Å². The number of carbonyl (C=O) groups excluding carboxylic acids is 1. The summed E-state index contributed by atoms with van der Waals surface area (Å²) in [6.45, 7) is 1.54. The molecule has 0 aliphatic heterocycles. The van der Waals surface area contributed by atoms with E-state index < -0.39 is 11.9 Å². The van der Waals surface area contributed by atoms with Crippen molar-refractivity contribution in [1.82, 2.24) is 14.9 Å². The summed E-state index contributed by atoms with van der Waals surface area (Å²) in [4.78, 5) is 21.0. The molecule has 2 aromatic rings. The number of likely N-dealkylation sites (N-methyl/N-ethyl adjacent to an activating group) is 1. The molecule has 1 aromatic heterocycles. The standard InChI is InChI=1S/C19H19ClFN3O2/c1-13-22-8-5-18(23-13)14(7-10-25)6-9-24(2)19(12-26)15-3-4-16(20)17(21)11-15/h3-11,19,26H,12H2,1-2H3/b9-6-,14-7+/t19-/m1/s1. The lowest BCUT2D eigenvalue weighted by Crippen LogP contribution is -2.22. The molecule has 0 spiro atoms. The normalized spacial score (nSPS) is 13.0. The van der Waals surface area contributed by atoms with Gasteiger partial charge in [-0.2, -0.15) is 0 Å².